The molecule has 1 fully saturated rings. The second-order valence-electron chi connectivity index (χ2n) is 4.59. The lowest BCUT2D eigenvalue weighted by Gasteiger charge is -2.33. The van der Waals surface area contributed by atoms with Crippen molar-refractivity contribution in [2.75, 3.05) is 11.9 Å². The monoisotopic (exact) mass is 223 g/mol. The van der Waals surface area contributed by atoms with E-state index in [9.17, 15) is 0 Å². The molecule has 2 heterocycles. The van der Waals surface area contributed by atoms with E-state index in [1.807, 2.05) is 0 Å². The van der Waals surface area contributed by atoms with Crippen molar-refractivity contribution >= 4 is 17.0 Å². The first kappa shape index (κ1) is 9.52. The van der Waals surface area contributed by atoms with Crippen LogP contribution in [0.3, 0.4) is 0 Å². The molecule has 1 aromatic heterocycles. The smallest absolute Gasteiger partial charge is 0.153 e. The van der Waals surface area contributed by atoms with Crippen molar-refractivity contribution in [3.63, 3.8) is 0 Å². The highest BCUT2D eigenvalue weighted by Gasteiger charge is 2.28. The van der Waals surface area contributed by atoms with Crippen molar-refractivity contribution < 1.29 is 4.74 Å². The van der Waals surface area contributed by atoms with Gasteiger partial charge in [0.15, 0.2) is 5.75 Å². The molecule has 15 heavy (non-hydrogen) atoms. The van der Waals surface area contributed by atoms with Crippen LogP contribution in [0.1, 0.15) is 32.1 Å². The predicted molar refractivity (Wildman–Crippen MR) is 63.8 cm³/mol. The van der Waals surface area contributed by atoms with Gasteiger partial charge in [0.25, 0.3) is 0 Å². The molecule has 3 rings (SSSR count). The largest absolute Gasteiger partial charge is 0.485 e. The van der Waals surface area contributed by atoms with Crippen LogP contribution in [0.15, 0.2) is 10.8 Å². The molecule has 2 aliphatic rings. The molecule has 0 saturated heterocycles. The molecule has 82 valence electrons. The summed E-state index contributed by atoms with van der Waals surface area (Å²) in [5, 5.41) is 7.72. The number of fused-ring (bicyclic) bond motifs is 1. The standard InChI is InChI=1S/C12H17NOS/c1-2-4-9(5-3-1)11-6-13-10-7-15-8-12(10)14-11/h7-9,11,13H,1-6H2. The van der Waals surface area contributed by atoms with Crippen LogP contribution in [0.4, 0.5) is 5.69 Å². The van der Waals surface area contributed by atoms with Gasteiger partial charge in [0.1, 0.15) is 6.10 Å². The van der Waals surface area contributed by atoms with E-state index < -0.39 is 0 Å². The van der Waals surface area contributed by atoms with Crippen molar-refractivity contribution in [1.82, 2.24) is 0 Å². The average Bonchev–Trinajstić information content (AvgIpc) is 2.77. The summed E-state index contributed by atoms with van der Waals surface area (Å²) in [7, 11) is 0. The minimum atomic E-state index is 0.410. The van der Waals surface area contributed by atoms with Gasteiger partial charge in [0.2, 0.25) is 0 Å². The summed E-state index contributed by atoms with van der Waals surface area (Å²) in [4.78, 5) is 0. The lowest BCUT2D eigenvalue weighted by molar-refractivity contribution is 0.113. The zero-order valence-electron chi connectivity index (χ0n) is 8.87. The van der Waals surface area contributed by atoms with E-state index in [-0.39, 0.29) is 0 Å². The Morgan fingerprint density at radius 2 is 2.07 bits per heavy atom. The van der Waals surface area contributed by atoms with Crippen LogP contribution >= 0.6 is 11.3 Å². The summed E-state index contributed by atoms with van der Waals surface area (Å²) in [6.07, 6.45) is 7.31. The summed E-state index contributed by atoms with van der Waals surface area (Å²) < 4.78 is 6.06. The average molecular weight is 223 g/mol. The number of nitrogens with one attached hydrogen (secondary N) is 1. The van der Waals surface area contributed by atoms with Gasteiger partial charge in [-0.3, -0.25) is 0 Å². The molecule has 1 aliphatic heterocycles. The molecule has 0 bridgehead atoms. The van der Waals surface area contributed by atoms with Crippen molar-refractivity contribution in [1.29, 1.82) is 0 Å². The highest BCUT2D eigenvalue weighted by atomic mass is 32.1. The second kappa shape index (κ2) is 4.05. The molecular formula is C12H17NOS. The van der Waals surface area contributed by atoms with E-state index in [4.69, 9.17) is 4.74 Å². The second-order valence-corrected chi connectivity index (χ2v) is 5.33. The minimum absolute atomic E-state index is 0.410. The maximum atomic E-state index is 6.06. The van der Waals surface area contributed by atoms with Crippen LogP contribution in [0, 0.1) is 5.92 Å². The maximum absolute atomic E-state index is 6.06. The van der Waals surface area contributed by atoms with Gasteiger partial charge in [-0.1, -0.05) is 19.3 Å². The first-order valence-electron chi connectivity index (χ1n) is 5.90. The van der Waals surface area contributed by atoms with E-state index in [1.54, 1.807) is 11.3 Å². The van der Waals surface area contributed by atoms with Gasteiger partial charge < -0.3 is 10.1 Å². The molecule has 0 radical (unpaired) electrons. The van der Waals surface area contributed by atoms with Crippen molar-refractivity contribution in [2.45, 2.75) is 38.2 Å². The number of anilines is 1. The Morgan fingerprint density at radius 1 is 1.20 bits per heavy atom. The Kier molecular flexibility index (Phi) is 2.57. The van der Waals surface area contributed by atoms with Crippen LogP contribution in [0.5, 0.6) is 5.75 Å². The fourth-order valence-electron chi connectivity index (χ4n) is 2.69. The SMILES string of the molecule is c1scc2c1NCC(C1CCCCC1)O2. The first-order chi connectivity index (χ1) is 7.43. The van der Waals surface area contributed by atoms with Gasteiger partial charge in [0.05, 0.1) is 12.2 Å². The predicted octanol–water partition coefficient (Wildman–Crippen LogP) is 3.50. The third-order valence-corrected chi connectivity index (χ3v) is 4.30. The topological polar surface area (TPSA) is 21.3 Å². The third kappa shape index (κ3) is 1.85. The first-order valence-corrected chi connectivity index (χ1v) is 6.84. The lowest BCUT2D eigenvalue weighted by atomic mass is 9.85. The van der Waals surface area contributed by atoms with Gasteiger partial charge in [0, 0.05) is 10.8 Å². The molecule has 0 amide bonds. The molecule has 0 spiro atoms. The highest BCUT2D eigenvalue weighted by molar-refractivity contribution is 7.08. The van der Waals surface area contributed by atoms with Crippen molar-refractivity contribution in [2.24, 2.45) is 5.92 Å². The Balaban J connectivity index is 1.69. The highest BCUT2D eigenvalue weighted by Crippen LogP contribution is 2.37. The van der Waals surface area contributed by atoms with Gasteiger partial charge >= 0.3 is 0 Å². The van der Waals surface area contributed by atoms with E-state index in [2.05, 4.69) is 16.1 Å². The van der Waals surface area contributed by atoms with Crippen molar-refractivity contribution in [3.05, 3.63) is 10.8 Å². The Hall–Kier alpha value is -0.700. The molecule has 0 aromatic carbocycles. The van der Waals surface area contributed by atoms with E-state index in [0.717, 1.165) is 18.2 Å². The van der Waals surface area contributed by atoms with Crippen LogP contribution in [0.25, 0.3) is 0 Å². The molecule has 3 heteroatoms. The molecular weight excluding hydrogens is 206 g/mol. The van der Waals surface area contributed by atoms with Crippen LogP contribution in [-0.2, 0) is 0 Å². The molecule has 1 atom stereocenters. The van der Waals surface area contributed by atoms with Gasteiger partial charge in [-0.05, 0) is 18.8 Å². The fourth-order valence-corrected chi connectivity index (χ4v) is 3.40. The molecule has 1 aromatic rings. The molecule has 2 nitrogen and oxygen atoms in total. The number of ether oxygens (including phenoxy) is 1. The maximum Gasteiger partial charge on any atom is 0.153 e. The van der Waals surface area contributed by atoms with Crippen LogP contribution in [0.2, 0.25) is 0 Å². The van der Waals surface area contributed by atoms with Gasteiger partial charge in [-0.25, -0.2) is 0 Å². The quantitative estimate of drug-likeness (QED) is 0.786. The van der Waals surface area contributed by atoms with E-state index in [0.29, 0.717) is 6.10 Å². The zero-order chi connectivity index (χ0) is 10.1. The third-order valence-electron chi connectivity index (χ3n) is 3.57. The number of hydrogen-bond donors (Lipinski definition) is 1. The van der Waals surface area contributed by atoms with Crippen LogP contribution in [-0.4, -0.2) is 12.6 Å². The Bertz CT molecular complexity index is 330. The summed E-state index contributed by atoms with van der Waals surface area (Å²) in [6.45, 7) is 0.994. The molecule has 1 aliphatic carbocycles. The lowest BCUT2D eigenvalue weighted by Crippen LogP contribution is -2.37. The van der Waals surface area contributed by atoms with Gasteiger partial charge in [-0.2, -0.15) is 0 Å². The number of rotatable bonds is 1. The molecule has 1 unspecified atom stereocenters. The van der Waals surface area contributed by atoms with Crippen molar-refractivity contribution in [3.8, 4) is 5.75 Å². The Morgan fingerprint density at radius 3 is 2.93 bits per heavy atom. The van der Waals surface area contributed by atoms with Crippen LogP contribution < -0.4 is 10.1 Å². The minimum Gasteiger partial charge on any atom is -0.485 e. The van der Waals surface area contributed by atoms with Gasteiger partial charge in [-0.15, -0.1) is 11.3 Å². The normalized spacial score (nSPS) is 26.5. The summed E-state index contributed by atoms with van der Waals surface area (Å²) >= 11 is 1.72. The number of thiophene rings is 1. The van der Waals surface area contributed by atoms with E-state index >= 15 is 0 Å². The summed E-state index contributed by atoms with van der Waals surface area (Å²) in [6, 6.07) is 0. The zero-order valence-corrected chi connectivity index (χ0v) is 9.69. The Labute approximate surface area is 94.6 Å². The fraction of sp³-hybridized carbons (Fsp3) is 0.667. The van der Waals surface area contributed by atoms with E-state index in [1.165, 1.54) is 37.8 Å². The summed E-state index contributed by atoms with van der Waals surface area (Å²) in [5.41, 5.74) is 1.19. The number of hydrogen-bond acceptors (Lipinski definition) is 3. The summed E-state index contributed by atoms with van der Waals surface area (Å²) in [5.74, 6) is 1.85. The molecule has 1 saturated carbocycles. The molecule has 1 N–H and O–H groups in total.